The van der Waals surface area contributed by atoms with Crippen molar-refractivity contribution in [2.75, 3.05) is 0 Å². The summed E-state index contributed by atoms with van der Waals surface area (Å²) in [6.07, 6.45) is -0.101. The van der Waals surface area contributed by atoms with Crippen LogP contribution in [0.2, 0.25) is 5.02 Å². The van der Waals surface area contributed by atoms with Crippen LogP contribution in [0.5, 0.6) is 0 Å². The van der Waals surface area contributed by atoms with Crippen molar-refractivity contribution in [3.05, 3.63) is 38.9 Å². The van der Waals surface area contributed by atoms with Crippen LogP contribution in [0.3, 0.4) is 0 Å². The van der Waals surface area contributed by atoms with Crippen molar-refractivity contribution in [3.8, 4) is 0 Å². The molecule has 1 unspecified atom stereocenters. The molecule has 0 saturated heterocycles. The van der Waals surface area contributed by atoms with E-state index in [0.29, 0.717) is 5.02 Å². The Hall–Kier alpha value is -1.17. The fourth-order valence-electron chi connectivity index (χ4n) is 1.74. The van der Waals surface area contributed by atoms with Gasteiger partial charge in [0.25, 0.3) is 5.69 Å². The highest BCUT2D eigenvalue weighted by Crippen LogP contribution is 2.31. The summed E-state index contributed by atoms with van der Waals surface area (Å²) >= 11 is 5.82. The molecule has 1 rings (SSSR count). The smallest absolute Gasteiger partial charge is 0.274 e. The molecule has 0 bridgehead atoms. The fraction of sp³-hybridized carbons (Fsp3) is 0.500. The molecule has 0 spiro atoms. The molecule has 100 valence electrons. The monoisotopic (exact) mass is 272 g/mol. The van der Waals surface area contributed by atoms with Crippen molar-refractivity contribution in [2.24, 2.45) is 11.7 Å². The Morgan fingerprint density at radius 2 is 2.17 bits per heavy atom. The summed E-state index contributed by atoms with van der Waals surface area (Å²) in [4.78, 5) is 10.4. The Balaban J connectivity index is 3.14. The summed E-state index contributed by atoms with van der Waals surface area (Å²) in [6.45, 7) is 3.77. The first-order valence-corrected chi connectivity index (χ1v) is 6.13. The lowest BCUT2D eigenvalue weighted by molar-refractivity contribution is -0.385. The van der Waals surface area contributed by atoms with Crippen LogP contribution >= 0.6 is 11.6 Å². The zero-order valence-electron chi connectivity index (χ0n) is 10.3. The van der Waals surface area contributed by atoms with Crippen LogP contribution in [0.15, 0.2) is 18.2 Å². The van der Waals surface area contributed by atoms with Crippen molar-refractivity contribution in [3.63, 3.8) is 0 Å². The van der Waals surface area contributed by atoms with Gasteiger partial charge in [0.1, 0.15) is 0 Å². The van der Waals surface area contributed by atoms with Gasteiger partial charge in [-0.2, -0.15) is 0 Å². The van der Waals surface area contributed by atoms with E-state index in [1.54, 1.807) is 0 Å². The van der Waals surface area contributed by atoms with E-state index in [2.05, 4.69) is 0 Å². The lowest BCUT2D eigenvalue weighted by atomic mass is 9.91. The summed E-state index contributed by atoms with van der Waals surface area (Å²) in [5, 5.41) is 21.3. The molecule has 0 saturated carbocycles. The second-order valence-corrected chi connectivity index (χ2v) is 4.80. The Morgan fingerprint density at radius 3 is 2.67 bits per heavy atom. The van der Waals surface area contributed by atoms with E-state index in [1.165, 1.54) is 18.2 Å². The number of halogens is 1. The average Bonchev–Trinajstić information content (AvgIpc) is 2.35. The summed E-state index contributed by atoms with van der Waals surface area (Å²) in [5.74, 6) is -0.0430. The van der Waals surface area contributed by atoms with Crippen LogP contribution in [-0.4, -0.2) is 16.1 Å². The third-order valence-electron chi connectivity index (χ3n) is 3.14. The maximum atomic E-state index is 10.9. The molecule has 0 aromatic heterocycles. The number of hydrogen-bond acceptors (Lipinski definition) is 4. The first-order valence-electron chi connectivity index (χ1n) is 5.76. The van der Waals surface area contributed by atoms with Crippen molar-refractivity contribution in [1.82, 2.24) is 0 Å². The molecule has 0 aliphatic carbocycles. The minimum absolute atomic E-state index is 0.0430. The summed E-state index contributed by atoms with van der Waals surface area (Å²) in [7, 11) is 0. The zero-order chi connectivity index (χ0) is 13.9. The van der Waals surface area contributed by atoms with E-state index < -0.39 is 17.1 Å². The third-order valence-corrected chi connectivity index (χ3v) is 3.38. The molecule has 5 nitrogen and oxygen atoms in total. The van der Waals surface area contributed by atoms with Crippen molar-refractivity contribution < 1.29 is 10.0 Å². The Bertz CT molecular complexity index is 439. The number of nitro groups is 1. The van der Waals surface area contributed by atoms with Crippen molar-refractivity contribution in [1.29, 1.82) is 0 Å². The molecular formula is C12H17ClN2O3. The number of nitrogens with zero attached hydrogens (tertiary/aromatic N) is 1. The minimum Gasteiger partial charge on any atom is -0.391 e. The predicted octanol–water partition coefficient (Wildman–Crippen LogP) is 2.66. The molecule has 1 aromatic rings. The second-order valence-electron chi connectivity index (χ2n) is 4.36. The van der Waals surface area contributed by atoms with Crippen molar-refractivity contribution >= 4 is 17.3 Å². The molecule has 0 amide bonds. The number of rotatable bonds is 5. The number of benzene rings is 1. The molecule has 3 atom stereocenters. The van der Waals surface area contributed by atoms with Gasteiger partial charge in [-0.1, -0.05) is 31.9 Å². The number of nitrogens with two attached hydrogens (primary N) is 1. The van der Waals surface area contributed by atoms with Gasteiger partial charge >= 0.3 is 0 Å². The van der Waals surface area contributed by atoms with E-state index >= 15 is 0 Å². The highest BCUT2D eigenvalue weighted by atomic mass is 35.5. The highest BCUT2D eigenvalue weighted by molar-refractivity contribution is 6.30. The van der Waals surface area contributed by atoms with Gasteiger partial charge < -0.3 is 10.8 Å². The highest BCUT2D eigenvalue weighted by Gasteiger charge is 2.28. The Labute approximate surface area is 111 Å². The van der Waals surface area contributed by atoms with Gasteiger partial charge in [-0.25, -0.2) is 0 Å². The van der Waals surface area contributed by atoms with Gasteiger partial charge in [0.05, 0.1) is 22.6 Å². The normalized spacial score (nSPS) is 16.1. The number of aliphatic hydroxyl groups excluding tert-OH is 1. The van der Waals surface area contributed by atoms with Crippen LogP contribution in [0.25, 0.3) is 0 Å². The van der Waals surface area contributed by atoms with Crippen LogP contribution in [-0.2, 0) is 0 Å². The summed E-state index contributed by atoms with van der Waals surface area (Å²) in [5.41, 5.74) is 6.06. The Kier molecular flexibility index (Phi) is 5.07. The number of nitro benzene ring substituents is 1. The van der Waals surface area contributed by atoms with E-state index in [4.69, 9.17) is 17.3 Å². The Morgan fingerprint density at radius 1 is 1.56 bits per heavy atom. The molecule has 6 heteroatoms. The molecular weight excluding hydrogens is 256 g/mol. The average molecular weight is 273 g/mol. The SMILES string of the molecule is CCC(C)[C@@H](O)[C@@H](N)c1cc(Cl)ccc1[N+](=O)[O-]. The molecule has 0 radical (unpaired) electrons. The standard InChI is InChI=1S/C12H17ClN2O3/c1-3-7(2)12(16)11(14)9-6-8(13)4-5-10(9)15(17)18/h4-7,11-12,16H,3,14H2,1-2H3/t7?,11-,12+/m0/s1. The molecule has 0 aliphatic heterocycles. The van der Waals surface area contributed by atoms with E-state index in [-0.39, 0.29) is 17.2 Å². The van der Waals surface area contributed by atoms with Gasteiger partial charge in [0, 0.05) is 11.1 Å². The van der Waals surface area contributed by atoms with Gasteiger partial charge in [-0.15, -0.1) is 0 Å². The maximum absolute atomic E-state index is 10.9. The minimum atomic E-state index is -0.841. The molecule has 0 aliphatic rings. The first kappa shape index (κ1) is 14.9. The number of aliphatic hydroxyl groups is 1. The van der Waals surface area contributed by atoms with Gasteiger partial charge in [0.2, 0.25) is 0 Å². The molecule has 1 aromatic carbocycles. The fourth-order valence-corrected chi connectivity index (χ4v) is 1.92. The lowest BCUT2D eigenvalue weighted by Crippen LogP contribution is -2.32. The quantitative estimate of drug-likeness (QED) is 0.637. The van der Waals surface area contributed by atoms with Crippen LogP contribution in [0.1, 0.15) is 31.9 Å². The van der Waals surface area contributed by atoms with Crippen LogP contribution in [0.4, 0.5) is 5.69 Å². The summed E-state index contributed by atoms with van der Waals surface area (Å²) < 4.78 is 0. The predicted molar refractivity (Wildman–Crippen MR) is 70.5 cm³/mol. The zero-order valence-corrected chi connectivity index (χ0v) is 11.1. The van der Waals surface area contributed by atoms with Crippen molar-refractivity contribution in [2.45, 2.75) is 32.4 Å². The topological polar surface area (TPSA) is 89.4 Å². The van der Waals surface area contributed by atoms with E-state index in [1.807, 2.05) is 13.8 Å². The maximum Gasteiger partial charge on any atom is 0.274 e. The van der Waals surface area contributed by atoms with Crippen LogP contribution in [0, 0.1) is 16.0 Å². The third kappa shape index (κ3) is 3.19. The molecule has 18 heavy (non-hydrogen) atoms. The van der Waals surface area contributed by atoms with Crippen LogP contribution < -0.4 is 5.73 Å². The van der Waals surface area contributed by atoms with E-state index in [9.17, 15) is 15.2 Å². The van der Waals surface area contributed by atoms with E-state index in [0.717, 1.165) is 6.42 Å². The molecule has 0 heterocycles. The largest absolute Gasteiger partial charge is 0.391 e. The van der Waals surface area contributed by atoms with Gasteiger partial charge in [-0.3, -0.25) is 10.1 Å². The van der Waals surface area contributed by atoms with Gasteiger partial charge in [0.15, 0.2) is 0 Å². The molecule has 3 N–H and O–H groups in total. The molecule has 0 fully saturated rings. The number of hydrogen-bond donors (Lipinski definition) is 2. The van der Waals surface area contributed by atoms with Gasteiger partial charge in [-0.05, 0) is 18.1 Å². The summed E-state index contributed by atoms with van der Waals surface area (Å²) in [6, 6.07) is 3.36. The second kappa shape index (κ2) is 6.13. The lowest BCUT2D eigenvalue weighted by Gasteiger charge is -2.24. The first-order chi connectivity index (χ1) is 8.38.